The minimum absolute atomic E-state index is 0.00491. The molecule has 0 bridgehead atoms. The zero-order valence-electron chi connectivity index (χ0n) is 13.6. The van der Waals surface area contributed by atoms with Crippen molar-refractivity contribution in [1.82, 2.24) is 0 Å². The van der Waals surface area contributed by atoms with Gasteiger partial charge in [0.25, 0.3) is 0 Å². The standard InChI is InChI=1S/C20H22O4/c21-11-13-23-12-5-10-20(22)24-14-19-17-8-3-1-6-15(17)16-7-2-4-9-18(16)19/h1-4,6-9,19,21H,5,10-14H2. The van der Waals surface area contributed by atoms with Gasteiger partial charge in [0.1, 0.15) is 6.61 Å². The number of benzene rings is 2. The maximum atomic E-state index is 11.9. The molecule has 0 radical (unpaired) electrons. The second-order valence-electron chi connectivity index (χ2n) is 5.85. The van der Waals surface area contributed by atoms with Gasteiger partial charge in [-0.2, -0.15) is 0 Å². The van der Waals surface area contributed by atoms with E-state index in [2.05, 4.69) is 24.3 Å². The van der Waals surface area contributed by atoms with E-state index in [1.54, 1.807) is 0 Å². The first-order chi connectivity index (χ1) is 11.8. The second kappa shape index (κ2) is 8.08. The van der Waals surface area contributed by atoms with Crippen LogP contribution in [0.2, 0.25) is 0 Å². The third-order valence-corrected chi connectivity index (χ3v) is 4.28. The van der Waals surface area contributed by atoms with Gasteiger partial charge in [-0.1, -0.05) is 48.5 Å². The Morgan fingerprint density at radius 2 is 1.58 bits per heavy atom. The van der Waals surface area contributed by atoms with Crippen molar-refractivity contribution in [3.05, 3.63) is 59.7 Å². The van der Waals surface area contributed by atoms with Gasteiger partial charge < -0.3 is 14.6 Å². The van der Waals surface area contributed by atoms with Crippen LogP contribution in [0, 0.1) is 0 Å². The Balaban J connectivity index is 1.58. The van der Waals surface area contributed by atoms with E-state index < -0.39 is 0 Å². The molecule has 24 heavy (non-hydrogen) atoms. The van der Waals surface area contributed by atoms with E-state index in [9.17, 15) is 4.79 Å². The van der Waals surface area contributed by atoms with E-state index in [-0.39, 0.29) is 18.5 Å². The minimum atomic E-state index is -0.204. The van der Waals surface area contributed by atoms with Crippen LogP contribution < -0.4 is 0 Å². The minimum Gasteiger partial charge on any atom is -0.465 e. The van der Waals surface area contributed by atoms with E-state index in [1.165, 1.54) is 22.3 Å². The smallest absolute Gasteiger partial charge is 0.305 e. The van der Waals surface area contributed by atoms with Crippen molar-refractivity contribution in [2.24, 2.45) is 0 Å². The lowest BCUT2D eigenvalue weighted by atomic mass is 9.98. The molecule has 0 aromatic heterocycles. The number of carbonyl (C=O) groups is 1. The molecule has 0 amide bonds. The van der Waals surface area contributed by atoms with Crippen molar-refractivity contribution in [3.8, 4) is 11.1 Å². The number of aliphatic hydroxyl groups excluding tert-OH is 1. The molecular weight excluding hydrogens is 304 g/mol. The molecule has 0 heterocycles. The summed E-state index contributed by atoms with van der Waals surface area (Å²) in [5.74, 6) is -0.101. The average Bonchev–Trinajstić information content (AvgIpc) is 2.94. The zero-order chi connectivity index (χ0) is 16.8. The Morgan fingerprint density at radius 3 is 2.21 bits per heavy atom. The highest BCUT2D eigenvalue weighted by Gasteiger charge is 2.28. The van der Waals surface area contributed by atoms with Crippen molar-refractivity contribution in [2.45, 2.75) is 18.8 Å². The Bertz CT molecular complexity index is 650. The van der Waals surface area contributed by atoms with Gasteiger partial charge >= 0.3 is 5.97 Å². The van der Waals surface area contributed by atoms with Gasteiger partial charge in [-0.15, -0.1) is 0 Å². The van der Waals surface area contributed by atoms with E-state index in [0.717, 1.165) is 0 Å². The first kappa shape index (κ1) is 16.7. The van der Waals surface area contributed by atoms with Crippen molar-refractivity contribution in [3.63, 3.8) is 0 Å². The molecule has 0 spiro atoms. The number of fused-ring (bicyclic) bond motifs is 3. The first-order valence-electron chi connectivity index (χ1n) is 8.33. The van der Waals surface area contributed by atoms with Gasteiger partial charge in [-0.25, -0.2) is 0 Å². The molecule has 0 saturated heterocycles. The van der Waals surface area contributed by atoms with Gasteiger partial charge in [0.15, 0.2) is 0 Å². The summed E-state index contributed by atoms with van der Waals surface area (Å²) < 4.78 is 10.6. The maximum absolute atomic E-state index is 11.9. The number of hydrogen-bond donors (Lipinski definition) is 1. The SMILES string of the molecule is O=C(CCCOCCO)OCC1c2ccccc2-c2ccccc21. The van der Waals surface area contributed by atoms with Gasteiger partial charge in [-0.05, 0) is 28.7 Å². The summed E-state index contributed by atoms with van der Waals surface area (Å²) in [5.41, 5.74) is 4.90. The summed E-state index contributed by atoms with van der Waals surface area (Å²) in [6.07, 6.45) is 0.943. The highest BCUT2D eigenvalue weighted by molar-refractivity contribution is 5.79. The topological polar surface area (TPSA) is 55.8 Å². The van der Waals surface area contributed by atoms with Crippen LogP contribution in [0.1, 0.15) is 29.9 Å². The zero-order valence-corrected chi connectivity index (χ0v) is 13.6. The van der Waals surface area contributed by atoms with Crippen LogP contribution in [0.15, 0.2) is 48.5 Å². The average molecular weight is 326 g/mol. The number of esters is 1. The Morgan fingerprint density at radius 1 is 0.958 bits per heavy atom. The van der Waals surface area contributed by atoms with Crippen LogP contribution in [-0.2, 0) is 14.3 Å². The molecule has 1 N–H and O–H groups in total. The van der Waals surface area contributed by atoms with Gasteiger partial charge in [0.05, 0.1) is 13.2 Å². The Kier molecular flexibility index (Phi) is 5.62. The first-order valence-corrected chi connectivity index (χ1v) is 8.33. The molecule has 3 rings (SSSR count). The fourth-order valence-corrected chi connectivity index (χ4v) is 3.17. The van der Waals surface area contributed by atoms with Crippen molar-refractivity contribution in [2.75, 3.05) is 26.4 Å². The molecule has 0 fully saturated rings. The molecule has 0 unspecified atom stereocenters. The summed E-state index contributed by atoms with van der Waals surface area (Å²) in [6, 6.07) is 16.6. The van der Waals surface area contributed by atoms with Crippen LogP contribution in [0.4, 0.5) is 0 Å². The summed E-state index contributed by atoms with van der Waals surface area (Å²) in [5, 5.41) is 8.62. The van der Waals surface area contributed by atoms with Gasteiger partial charge in [0.2, 0.25) is 0 Å². The van der Waals surface area contributed by atoms with E-state index in [1.807, 2.05) is 24.3 Å². The lowest BCUT2D eigenvalue weighted by Crippen LogP contribution is -2.13. The molecule has 0 atom stereocenters. The predicted octanol–water partition coefficient (Wildman–Crippen LogP) is 3.13. The summed E-state index contributed by atoms with van der Waals surface area (Å²) in [6.45, 7) is 1.14. The Hall–Kier alpha value is -2.17. The largest absolute Gasteiger partial charge is 0.465 e. The third-order valence-electron chi connectivity index (χ3n) is 4.28. The fourth-order valence-electron chi connectivity index (χ4n) is 3.17. The second-order valence-corrected chi connectivity index (χ2v) is 5.85. The molecule has 1 aliphatic rings. The van der Waals surface area contributed by atoms with Crippen molar-refractivity contribution < 1.29 is 19.4 Å². The van der Waals surface area contributed by atoms with Crippen LogP contribution in [0.3, 0.4) is 0 Å². The molecule has 4 nitrogen and oxygen atoms in total. The summed E-state index contributed by atoms with van der Waals surface area (Å²) in [7, 11) is 0. The molecule has 4 heteroatoms. The normalized spacial score (nSPS) is 12.7. The number of carbonyl (C=O) groups excluding carboxylic acids is 1. The van der Waals surface area contributed by atoms with E-state index >= 15 is 0 Å². The van der Waals surface area contributed by atoms with Crippen LogP contribution in [-0.4, -0.2) is 37.5 Å². The van der Waals surface area contributed by atoms with Crippen LogP contribution >= 0.6 is 0 Å². The summed E-state index contributed by atoms with van der Waals surface area (Å²) >= 11 is 0. The quantitative estimate of drug-likeness (QED) is 0.598. The molecule has 1 aliphatic carbocycles. The van der Waals surface area contributed by atoms with Gasteiger partial charge in [0, 0.05) is 18.9 Å². The highest BCUT2D eigenvalue weighted by Crippen LogP contribution is 2.44. The van der Waals surface area contributed by atoms with Crippen LogP contribution in [0.5, 0.6) is 0 Å². The van der Waals surface area contributed by atoms with Crippen LogP contribution in [0.25, 0.3) is 11.1 Å². The monoisotopic (exact) mass is 326 g/mol. The lowest BCUT2D eigenvalue weighted by molar-refractivity contribution is -0.144. The van der Waals surface area contributed by atoms with Gasteiger partial charge in [-0.3, -0.25) is 4.79 Å². The van der Waals surface area contributed by atoms with Crippen molar-refractivity contribution in [1.29, 1.82) is 0 Å². The fraction of sp³-hybridized carbons (Fsp3) is 0.350. The highest BCUT2D eigenvalue weighted by atomic mass is 16.5. The molecule has 0 saturated carbocycles. The molecule has 0 aliphatic heterocycles. The number of aliphatic hydroxyl groups is 1. The third kappa shape index (κ3) is 3.66. The van der Waals surface area contributed by atoms with Crippen molar-refractivity contribution >= 4 is 5.97 Å². The number of rotatable bonds is 8. The summed E-state index contributed by atoms with van der Waals surface area (Å²) in [4.78, 5) is 11.9. The van der Waals surface area contributed by atoms with E-state index in [4.69, 9.17) is 14.6 Å². The Labute approximate surface area is 142 Å². The maximum Gasteiger partial charge on any atom is 0.305 e. The number of ether oxygens (including phenoxy) is 2. The lowest BCUT2D eigenvalue weighted by Gasteiger charge is -2.14. The molecule has 2 aromatic rings. The molecule has 126 valence electrons. The number of hydrogen-bond acceptors (Lipinski definition) is 4. The molecular formula is C20H22O4. The molecule has 2 aromatic carbocycles. The predicted molar refractivity (Wildman–Crippen MR) is 91.8 cm³/mol. The van der Waals surface area contributed by atoms with E-state index in [0.29, 0.717) is 32.7 Å².